The Hall–Kier alpha value is -1.28. The van der Waals surface area contributed by atoms with Gasteiger partial charge in [0.25, 0.3) is 0 Å². The van der Waals surface area contributed by atoms with Gasteiger partial charge in [-0.3, -0.25) is 0 Å². The summed E-state index contributed by atoms with van der Waals surface area (Å²) in [5, 5.41) is 0.145. The number of halogens is 1. The highest BCUT2D eigenvalue weighted by molar-refractivity contribution is 6.20. The molecule has 1 heterocycles. The van der Waals surface area contributed by atoms with Gasteiger partial charge in [-0.25, -0.2) is 4.98 Å². The summed E-state index contributed by atoms with van der Waals surface area (Å²) in [5.41, 5.74) is 2.95. The molecule has 0 aliphatic carbocycles. The average molecular weight is 291 g/mol. The Bertz CT molecular complexity index is 509. The molecule has 0 saturated carbocycles. The molecule has 3 heteroatoms. The molecule has 0 amide bonds. The van der Waals surface area contributed by atoms with Crippen LogP contribution in [0.3, 0.4) is 0 Å². The van der Waals surface area contributed by atoms with E-state index in [-0.39, 0.29) is 10.8 Å². The molecule has 20 heavy (non-hydrogen) atoms. The fourth-order valence-electron chi connectivity index (χ4n) is 2.21. The maximum absolute atomic E-state index is 6.38. The SMILES string of the molecule is CC(C)(C)c1ccc(CCC(Cl)Cn2ccnc2)cc1. The Balaban J connectivity index is 1.84. The summed E-state index contributed by atoms with van der Waals surface area (Å²) in [6.45, 7) is 7.54. The van der Waals surface area contributed by atoms with E-state index in [1.54, 1.807) is 6.20 Å². The lowest BCUT2D eigenvalue weighted by Gasteiger charge is -2.19. The molecule has 0 saturated heterocycles. The number of benzene rings is 1. The lowest BCUT2D eigenvalue weighted by molar-refractivity contribution is 0.589. The fraction of sp³-hybridized carbons (Fsp3) is 0.471. The number of hydrogen-bond acceptors (Lipinski definition) is 1. The van der Waals surface area contributed by atoms with Gasteiger partial charge in [0.1, 0.15) is 0 Å². The summed E-state index contributed by atoms with van der Waals surface area (Å²) in [6.07, 6.45) is 7.55. The van der Waals surface area contributed by atoms with Crippen LogP contribution in [-0.4, -0.2) is 14.9 Å². The topological polar surface area (TPSA) is 17.8 Å². The second kappa shape index (κ2) is 6.45. The number of rotatable bonds is 5. The number of hydrogen-bond donors (Lipinski definition) is 0. The standard InChI is InChI=1S/C17H23ClN2/c1-17(2,3)15-7-4-14(5-8-15)6-9-16(18)12-20-11-10-19-13-20/h4-5,7-8,10-11,13,16H,6,9,12H2,1-3H3. The Kier molecular flexibility index (Phi) is 4.87. The largest absolute Gasteiger partial charge is 0.336 e. The molecule has 1 aromatic heterocycles. The van der Waals surface area contributed by atoms with E-state index in [2.05, 4.69) is 50.0 Å². The summed E-state index contributed by atoms with van der Waals surface area (Å²) in [5.74, 6) is 0. The van der Waals surface area contributed by atoms with E-state index in [0.717, 1.165) is 19.4 Å². The monoisotopic (exact) mass is 290 g/mol. The van der Waals surface area contributed by atoms with E-state index < -0.39 is 0 Å². The molecule has 108 valence electrons. The number of nitrogens with zero attached hydrogens (tertiary/aromatic N) is 2. The van der Waals surface area contributed by atoms with Crippen LogP contribution in [0.4, 0.5) is 0 Å². The molecule has 1 atom stereocenters. The van der Waals surface area contributed by atoms with Crippen molar-refractivity contribution in [2.75, 3.05) is 0 Å². The van der Waals surface area contributed by atoms with Gasteiger partial charge < -0.3 is 4.57 Å². The third-order valence-corrected chi connectivity index (χ3v) is 3.89. The minimum absolute atomic E-state index is 0.145. The number of aromatic nitrogens is 2. The third kappa shape index (κ3) is 4.38. The normalized spacial score (nSPS) is 13.4. The van der Waals surface area contributed by atoms with E-state index in [0.29, 0.717) is 0 Å². The smallest absolute Gasteiger partial charge is 0.0946 e. The highest BCUT2D eigenvalue weighted by Gasteiger charge is 2.13. The molecule has 1 aromatic carbocycles. The van der Waals surface area contributed by atoms with E-state index in [4.69, 9.17) is 11.6 Å². The first-order chi connectivity index (χ1) is 9.45. The fourth-order valence-corrected chi connectivity index (χ4v) is 2.48. The van der Waals surface area contributed by atoms with E-state index >= 15 is 0 Å². The van der Waals surface area contributed by atoms with Crippen molar-refractivity contribution in [1.82, 2.24) is 9.55 Å². The number of aryl methyl sites for hydroxylation is 1. The predicted octanol–water partition coefficient (Wildman–Crippen LogP) is 4.42. The summed E-state index contributed by atoms with van der Waals surface area (Å²) in [7, 11) is 0. The van der Waals surface area contributed by atoms with Gasteiger partial charge in [-0.15, -0.1) is 11.6 Å². The molecule has 0 bridgehead atoms. The van der Waals surface area contributed by atoms with Crippen LogP contribution in [0.25, 0.3) is 0 Å². The van der Waals surface area contributed by atoms with Gasteiger partial charge in [-0.05, 0) is 29.4 Å². The molecule has 0 N–H and O–H groups in total. The van der Waals surface area contributed by atoms with Gasteiger partial charge in [0.15, 0.2) is 0 Å². The van der Waals surface area contributed by atoms with Gasteiger partial charge in [0, 0.05) is 18.9 Å². The number of imidazole rings is 1. The quantitative estimate of drug-likeness (QED) is 0.745. The van der Waals surface area contributed by atoms with E-state index in [9.17, 15) is 0 Å². The first-order valence-corrected chi connectivity index (χ1v) is 7.58. The summed E-state index contributed by atoms with van der Waals surface area (Å²) in [6, 6.07) is 8.91. The Morgan fingerprint density at radius 1 is 1.20 bits per heavy atom. The molecular weight excluding hydrogens is 268 g/mol. The summed E-state index contributed by atoms with van der Waals surface area (Å²) >= 11 is 6.38. The average Bonchev–Trinajstić information content (AvgIpc) is 2.88. The van der Waals surface area contributed by atoms with Crippen LogP contribution in [0.5, 0.6) is 0 Å². The third-order valence-electron chi connectivity index (χ3n) is 3.53. The van der Waals surface area contributed by atoms with Crippen LogP contribution in [0.1, 0.15) is 38.3 Å². The molecule has 0 fully saturated rings. The highest BCUT2D eigenvalue weighted by Crippen LogP contribution is 2.22. The lowest BCUT2D eigenvalue weighted by Crippen LogP contribution is -2.11. The summed E-state index contributed by atoms with van der Waals surface area (Å²) in [4.78, 5) is 4.03. The second-order valence-corrected chi connectivity index (χ2v) is 6.96. The van der Waals surface area contributed by atoms with Crippen LogP contribution in [0, 0.1) is 0 Å². The van der Waals surface area contributed by atoms with Crippen LogP contribution in [0.15, 0.2) is 43.0 Å². The molecule has 2 rings (SSSR count). The molecule has 2 nitrogen and oxygen atoms in total. The molecule has 2 aromatic rings. The lowest BCUT2D eigenvalue weighted by atomic mass is 9.86. The van der Waals surface area contributed by atoms with Crippen molar-refractivity contribution in [2.24, 2.45) is 0 Å². The van der Waals surface area contributed by atoms with Gasteiger partial charge in [0.05, 0.1) is 11.7 Å². The van der Waals surface area contributed by atoms with Crippen molar-refractivity contribution in [2.45, 2.75) is 50.9 Å². The maximum Gasteiger partial charge on any atom is 0.0946 e. The van der Waals surface area contributed by atoms with Crippen LogP contribution < -0.4 is 0 Å². The Labute approximate surface area is 126 Å². The van der Waals surface area contributed by atoms with Crippen molar-refractivity contribution in [3.8, 4) is 0 Å². The molecule has 0 aliphatic heterocycles. The van der Waals surface area contributed by atoms with Gasteiger partial charge >= 0.3 is 0 Å². The Morgan fingerprint density at radius 3 is 2.45 bits per heavy atom. The second-order valence-electron chi connectivity index (χ2n) is 6.34. The van der Waals surface area contributed by atoms with Gasteiger partial charge in [-0.2, -0.15) is 0 Å². The highest BCUT2D eigenvalue weighted by atomic mass is 35.5. The minimum Gasteiger partial charge on any atom is -0.336 e. The number of alkyl halides is 1. The van der Waals surface area contributed by atoms with Gasteiger partial charge in [-0.1, -0.05) is 45.0 Å². The molecule has 0 radical (unpaired) electrons. The van der Waals surface area contributed by atoms with Crippen molar-refractivity contribution in [3.63, 3.8) is 0 Å². The van der Waals surface area contributed by atoms with Crippen LogP contribution in [-0.2, 0) is 18.4 Å². The first-order valence-electron chi connectivity index (χ1n) is 7.14. The van der Waals surface area contributed by atoms with E-state index in [1.165, 1.54) is 11.1 Å². The molecule has 0 spiro atoms. The Morgan fingerprint density at radius 2 is 1.90 bits per heavy atom. The van der Waals surface area contributed by atoms with Crippen molar-refractivity contribution in [1.29, 1.82) is 0 Å². The molecular formula is C17H23ClN2. The minimum atomic E-state index is 0.145. The molecule has 1 unspecified atom stereocenters. The van der Waals surface area contributed by atoms with E-state index in [1.807, 2.05) is 17.1 Å². The van der Waals surface area contributed by atoms with Crippen LogP contribution in [0.2, 0.25) is 0 Å². The summed E-state index contributed by atoms with van der Waals surface area (Å²) < 4.78 is 2.03. The predicted molar refractivity (Wildman–Crippen MR) is 85.3 cm³/mol. The van der Waals surface area contributed by atoms with Crippen molar-refractivity contribution >= 4 is 11.6 Å². The zero-order chi connectivity index (χ0) is 14.6. The zero-order valence-corrected chi connectivity index (χ0v) is 13.3. The van der Waals surface area contributed by atoms with Crippen molar-refractivity contribution in [3.05, 3.63) is 54.1 Å². The van der Waals surface area contributed by atoms with Crippen LogP contribution >= 0.6 is 11.6 Å². The zero-order valence-electron chi connectivity index (χ0n) is 12.5. The maximum atomic E-state index is 6.38. The van der Waals surface area contributed by atoms with Crippen molar-refractivity contribution < 1.29 is 0 Å². The molecule has 0 aliphatic rings. The first kappa shape index (κ1) is 15.1. The van der Waals surface area contributed by atoms with Gasteiger partial charge in [0.2, 0.25) is 0 Å².